The van der Waals surface area contributed by atoms with Gasteiger partial charge < -0.3 is 9.80 Å². The molecular weight excluding hydrogens is 386 g/mol. The van der Waals surface area contributed by atoms with Gasteiger partial charge >= 0.3 is 0 Å². The van der Waals surface area contributed by atoms with Gasteiger partial charge in [0.15, 0.2) is 0 Å². The van der Waals surface area contributed by atoms with E-state index in [1.54, 1.807) is 0 Å². The number of benzene rings is 1. The van der Waals surface area contributed by atoms with Crippen molar-refractivity contribution in [2.45, 2.75) is 45.7 Å². The fraction of sp³-hybridized carbons (Fsp3) is 0.360. The lowest BCUT2D eigenvalue weighted by molar-refractivity contribution is 0.0717. The highest BCUT2D eigenvalue weighted by atomic mass is 16.2. The monoisotopic (exact) mass is 413 g/mol. The van der Waals surface area contributed by atoms with E-state index in [0.717, 1.165) is 52.7 Å². The average molecular weight is 414 g/mol. The van der Waals surface area contributed by atoms with Crippen molar-refractivity contribution in [1.29, 1.82) is 0 Å². The Bertz CT molecular complexity index is 1110. The number of carbonyl (C=O) groups excluding carboxylic acids is 1. The van der Waals surface area contributed by atoms with Crippen LogP contribution in [0, 0.1) is 20.8 Å². The second kappa shape index (κ2) is 7.76. The maximum atomic E-state index is 13.6. The van der Waals surface area contributed by atoms with Crippen molar-refractivity contribution in [2.24, 2.45) is 0 Å². The second-order valence-electron chi connectivity index (χ2n) is 8.66. The minimum Gasteiger partial charge on any atom is -0.334 e. The average Bonchev–Trinajstić information content (AvgIpc) is 3.02. The SMILES string of the molecule is Cc1cccc(-c2ccccc2C(=O)N2CC3CCC(C2)N3c2nc(C)cc(C)n2)n1. The molecule has 2 aliphatic rings. The van der Waals surface area contributed by atoms with E-state index >= 15 is 0 Å². The summed E-state index contributed by atoms with van der Waals surface area (Å²) in [6.07, 6.45) is 2.12. The molecule has 6 nitrogen and oxygen atoms in total. The number of anilines is 1. The zero-order valence-electron chi connectivity index (χ0n) is 18.2. The smallest absolute Gasteiger partial charge is 0.254 e. The van der Waals surface area contributed by atoms with Crippen LogP contribution in [0.3, 0.4) is 0 Å². The van der Waals surface area contributed by atoms with Crippen LogP contribution in [-0.2, 0) is 0 Å². The molecule has 0 saturated carbocycles. The second-order valence-corrected chi connectivity index (χ2v) is 8.66. The number of hydrogen-bond donors (Lipinski definition) is 0. The van der Waals surface area contributed by atoms with Crippen LogP contribution in [0.2, 0.25) is 0 Å². The number of piperazine rings is 1. The van der Waals surface area contributed by atoms with Gasteiger partial charge in [-0.15, -0.1) is 0 Å². The maximum Gasteiger partial charge on any atom is 0.254 e. The Morgan fingerprint density at radius 3 is 2.19 bits per heavy atom. The molecule has 0 aliphatic carbocycles. The molecule has 2 unspecified atom stereocenters. The first-order chi connectivity index (χ1) is 15.0. The minimum atomic E-state index is 0.0804. The third kappa shape index (κ3) is 3.67. The van der Waals surface area contributed by atoms with Gasteiger partial charge in [-0.2, -0.15) is 0 Å². The Kier molecular flexibility index (Phi) is 4.93. The number of fused-ring (bicyclic) bond motifs is 2. The highest BCUT2D eigenvalue weighted by Gasteiger charge is 2.43. The van der Waals surface area contributed by atoms with E-state index in [2.05, 4.69) is 9.88 Å². The van der Waals surface area contributed by atoms with E-state index < -0.39 is 0 Å². The van der Waals surface area contributed by atoms with Crippen LogP contribution in [0.5, 0.6) is 0 Å². The Labute approximate surface area is 183 Å². The van der Waals surface area contributed by atoms with Crippen LogP contribution in [-0.4, -0.2) is 50.9 Å². The zero-order valence-corrected chi connectivity index (χ0v) is 18.2. The first-order valence-corrected chi connectivity index (χ1v) is 10.9. The number of pyridine rings is 1. The summed E-state index contributed by atoms with van der Waals surface area (Å²) in [6.45, 7) is 7.38. The van der Waals surface area contributed by atoms with Gasteiger partial charge in [0.25, 0.3) is 5.91 Å². The molecule has 0 N–H and O–H groups in total. The Hall–Kier alpha value is -3.28. The predicted molar refractivity (Wildman–Crippen MR) is 121 cm³/mol. The van der Waals surface area contributed by atoms with E-state index in [0.29, 0.717) is 13.1 Å². The summed E-state index contributed by atoms with van der Waals surface area (Å²) in [6, 6.07) is 16.3. The molecule has 1 amide bonds. The summed E-state index contributed by atoms with van der Waals surface area (Å²) in [4.78, 5) is 32.0. The number of carbonyl (C=O) groups is 1. The number of aromatic nitrogens is 3. The predicted octanol–water partition coefficient (Wildman–Crippen LogP) is 3.96. The van der Waals surface area contributed by atoms with E-state index in [9.17, 15) is 4.79 Å². The van der Waals surface area contributed by atoms with Crippen molar-refractivity contribution >= 4 is 11.9 Å². The molecule has 2 aromatic heterocycles. The number of hydrogen-bond acceptors (Lipinski definition) is 5. The summed E-state index contributed by atoms with van der Waals surface area (Å²) in [5.41, 5.74) is 5.37. The quantitative estimate of drug-likeness (QED) is 0.650. The summed E-state index contributed by atoms with van der Waals surface area (Å²) in [7, 11) is 0. The topological polar surface area (TPSA) is 62.2 Å². The van der Waals surface area contributed by atoms with Crippen LogP contribution in [0.25, 0.3) is 11.3 Å². The minimum absolute atomic E-state index is 0.0804. The first-order valence-electron chi connectivity index (χ1n) is 10.9. The molecule has 2 saturated heterocycles. The van der Waals surface area contributed by atoms with Crippen molar-refractivity contribution in [3.05, 3.63) is 71.2 Å². The lowest BCUT2D eigenvalue weighted by Gasteiger charge is -2.41. The van der Waals surface area contributed by atoms with Crippen LogP contribution in [0.15, 0.2) is 48.5 Å². The molecule has 3 aromatic rings. The Morgan fingerprint density at radius 1 is 0.839 bits per heavy atom. The lowest BCUT2D eigenvalue weighted by Crippen LogP contribution is -2.56. The number of nitrogens with zero attached hydrogens (tertiary/aromatic N) is 5. The molecule has 2 aliphatic heterocycles. The molecule has 4 heterocycles. The number of likely N-dealkylation sites (tertiary alicyclic amines) is 1. The van der Waals surface area contributed by atoms with E-state index in [4.69, 9.17) is 9.97 Å². The molecule has 2 fully saturated rings. The van der Waals surface area contributed by atoms with Gasteiger partial charge in [0, 0.05) is 53.4 Å². The first kappa shape index (κ1) is 19.7. The fourth-order valence-electron chi connectivity index (χ4n) is 4.97. The van der Waals surface area contributed by atoms with Crippen LogP contribution >= 0.6 is 0 Å². The number of amides is 1. The summed E-state index contributed by atoms with van der Waals surface area (Å²) < 4.78 is 0. The molecule has 2 atom stereocenters. The van der Waals surface area contributed by atoms with Gasteiger partial charge in [-0.3, -0.25) is 9.78 Å². The van der Waals surface area contributed by atoms with Crippen molar-refractivity contribution in [1.82, 2.24) is 19.9 Å². The molecule has 0 radical (unpaired) electrons. The summed E-state index contributed by atoms with van der Waals surface area (Å²) >= 11 is 0. The highest BCUT2D eigenvalue weighted by molar-refractivity contribution is 6.00. The molecular formula is C25H27N5O. The van der Waals surface area contributed by atoms with Gasteiger partial charge in [-0.25, -0.2) is 9.97 Å². The largest absolute Gasteiger partial charge is 0.334 e. The zero-order chi connectivity index (χ0) is 21.5. The fourth-order valence-corrected chi connectivity index (χ4v) is 4.97. The third-order valence-corrected chi connectivity index (χ3v) is 6.29. The summed E-state index contributed by atoms with van der Waals surface area (Å²) in [5, 5.41) is 0. The Morgan fingerprint density at radius 2 is 1.52 bits per heavy atom. The van der Waals surface area contributed by atoms with Gasteiger partial charge in [-0.1, -0.05) is 24.3 Å². The van der Waals surface area contributed by atoms with Gasteiger partial charge in [0.05, 0.1) is 5.69 Å². The maximum absolute atomic E-state index is 13.6. The normalized spacial score (nSPS) is 20.2. The molecule has 158 valence electrons. The van der Waals surface area contributed by atoms with E-state index in [1.807, 2.05) is 74.2 Å². The lowest BCUT2D eigenvalue weighted by atomic mass is 10.0. The van der Waals surface area contributed by atoms with Gasteiger partial charge in [0.1, 0.15) is 0 Å². The molecule has 31 heavy (non-hydrogen) atoms. The van der Waals surface area contributed by atoms with E-state index in [1.165, 1.54) is 0 Å². The molecule has 2 bridgehead atoms. The van der Waals surface area contributed by atoms with Crippen LogP contribution in [0.4, 0.5) is 5.95 Å². The van der Waals surface area contributed by atoms with Gasteiger partial charge in [-0.05, 0) is 57.9 Å². The number of rotatable bonds is 3. The molecule has 6 heteroatoms. The summed E-state index contributed by atoms with van der Waals surface area (Å²) in [5.74, 6) is 0.887. The van der Waals surface area contributed by atoms with Crippen molar-refractivity contribution < 1.29 is 4.79 Å². The molecule has 5 rings (SSSR count). The van der Waals surface area contributed by atoms with E-state index in [-0.39, 0.29) is 18.0 Å². The van der Waals surface area contributed by atoms with Crippen molar-refractivity contribution in [3.63, 3.8) is 0 Å². The standard InChI is InChI=1S/C25H27N5O/c1-16-7-6-10-23(26-16)21-8-4-5-9-22(21)24(31)29-14-19-11-12-20(15-29)30(19)25-27-17(2)13-18(3)28-25/h4-10,13,19-20H,11-12,14-15H2,1-3H3. The Balaban J connectivity index is 1.42. The van der Waals surface area contributed by atoms with Crippen LogP contribution < -0.4 is 4.90 Å². The molecule has 1 aromatic carbocycles. The van der Waals surface area contributed by atoms with Gasteiger partial charge in [0.2, 0.25) is 5.95 Å². The third-order valence-electron chi connectivity index (χ3n) is 6.29. The van der Waals surface area contributed by atoms with Crippen molar-refractivity contribution in [2.75, 3.05) is 18.0 Å². The molecule has 0 spiro atoms. The van der Waals surface area contributed by atoms with Crippen LogP contribution in [0.1, 0.15) is 40.3 Å². The van der Waals surface area contributed by atoms with Crippen molar-refractivity contribution in [3.8, 4) is 11.3 Å². The number of aryl methyl sites for hydroxylation is 3. The highest BCUT2D eigenvalue weighted by Crippen LogP contribution is 2.34.